The van der Waals surface area contributed by atoms with E-state index in [2.05, 4.69) is 36.5 Å². The van der Waals surface area contributed by atoms with Crippen molar-refractivity contribution in [3.8, 4) is 5.75 Å². The molecule has 1 aliphatic heterocycles. The van der Waals surface area contributed by atoms with Crippen molar-refractivity contribution >= 4 is 0 Å². The average Bonchev–Trinajstić information content (AvgIpc) is 2.88. The van der Waals surface area contributed by atoms with Gasteiger partial charge in [-0.25, -0.2) is 0 Å². The molecule has 0 spiro atoms. The van der Waals surface area contributed by atoms with E-state index in [0.717, 1.165) is 18.9 Å². The second-order valence-corrected chi connectivity index (χ2v) is 4.85. The van der Waals surface area contributed by atoms with Crippen LogP contribution < -0.4 is 10.1 Å². The van der Waals surface area contributed by atoms with Crippen LogP contribution in [0.1, 0.15) is 38.2 Å². The minimum Gasteiger partial charge on any atom is -0.492 e. The lowest BCUT2D eigenvalue weighted by Gasteiger charge is -2.12. The number of hydrogen-bond acceptors (Lipinski definition) is 2. The topological polar surface area (TPSA) is 21.3 Å². The fraction of sp³-hybridized carbons (Fsp3) is 0.600. The summed E-state index contributed by atoms with van der Waals surface area (Å²) in [5.41, 5.74) is 1.41. The van der Waals surface area contributed by atoms with Crippen LogP contribution in [-0.2, 0) is 6.42 Å². The molecule has 0 aliphatic carbocycles. The van der Waals surface area contributed by atoms with E-state index in [1.807, 2.05) is 0 Å². The Morgan fingerprint density at radius 1 is 1.29 bits per heavy atom. The van der Waals surface area contributed by atoms with Crippen molar-refractivity contribution in [2.75, 3.05) is 13.2 Å². The van der Waals surface area contributed by atoms with E-state index in [1.165, 1.54) is 37.7 Å². The van der Waals surface area contributed by atoms with Crippen molar-refractivity contribution in [3.05, 3.63) is 29.8 Å². The number of aryl methyl sites for hydroxylation is 1. The fourth-order valence-corrected chi connectivity index (χ4v) is 2.23. The largest absolute Gasteiger partial charge is 0.492 e. The van der Waals surface area contributed by atoms with E-state index in [9.17, 15) is 0 Å². The van der Waals surface area contributed by atoms with E-state index in [4.69, 9.17) is 4.74 Å². The summed E-state index contributed by atoms with van der Waals surface area (Å²) in [6.07, 6.45) is 6.23. The molecule has 1 aromatic carbocycles. The zero-order valence-electron chi connectivity index (χ0n) is 10.7. The molecule has 0 aromatic heterocycles. The SMILES string of the molecule is CCCCc1ccc(OCC2CCCN2)cc1. The van der Waals surface area contributed by atoms with Gasteiger partial charge in [0.25, 0.3) is 0 Å². The van der Waals surface area contributed by atoms with Crippen LogP contribution in [0.5, 0.6) is 5.75 Å². The lowest BCUT2D eigenvalue weighted by atomic mass is 10.1. The second-order valence-electron chi connectivity index (χ2n) is 4.85. The van der Waals surface area contributed by atoms with E-state index in [1.54, 1.807) is 0 Å². The molecule has 17 heavy (non-hydrogen) atoms. The molecular formula is C15H23NO. The normalized spacial score (nSPS) is 19.5. The number of nitrogens with one attached hydrogen (secondary N) is 1. The Kier molecular flexibility index (Phi) is 4.87. The van der Waals surface area contributed by atoms with Crippen molar-refractivity contribution in [2.45, 2.75) is 45.1 Å². The molecule has 0 amide bonds. The first kappa shape index (κ1) is 12.4. The molecule has 1 aliphatic rings. The van der Waals surface area contributed by atoms with Crippen LogP contribution in [0, 0.1) is 0 Å². The molecule has 2 nitrogen and oxygen atoms in total. The zero-order valence-corrected chi connectivity index (χ0v) is 10.7. The molecule has 1 unspecified atom stereocenters. The van der Waals surface area contributed by atoms with Gasteiger partial charge < -0.3 is 10.1 Å². The lowest BCUT2D eigenvalue weighted by molar-refractivity contribution is 0.277. The summed E-state index contributed by atoms with van der Waals surface area (Å²) in [7, 11) is 0. The van der Waals surface area contributed by atoms with E-state index in [-0.39, 0.29) is 0 Å². The molecule has 0 radical (unpaired) electrons. The maximum absolute atomic E-state index is 5.79. The Morgan fingerprint density at radius 2 is 2.12 bits per heavy atom. The Bertz CT molecular complexity index is 314. The van der Waals surface area contributed by atoms with Crippen LogP contribution in [0.25, 0.3) is 0 Å². The molecule has 2 heteroatoms. The molecule has 1 atom stereocenters. The summed E-state index contributed by atoms with van der Waals surface area (Å²) >= 11 is 0. The molecule has 1 N–H and O–H groups in total. The summed E-state index contributed by atoms with van der Waals surface area (Å²) in [5.74, 6) is 0.999. The summed E-state index contributed by atoms with van der Waals surface area (Å²) in [6.45, 7) is 4.17. The third-order valence-corrected chi connectivity index (χ3v) is 3.36. The van der Waals surface area contributed by atoms with Gasteiger partial charge >= 0.3 is 0 Å². The smallest absolute Gasteiger partial charge is 0.119 e. The van der Waals surface area contributed by atoms with Gasteiger partial charge in [0.1, 0.15) is 12.4 Å². The van der Waals surface area contributed by atoms with Gasteiger partial charge in [0.15, 0.2) is 0 Å². The average molecular weight is 233 g/mol. The van der Waals surface area contributed by atoms with Crippen LogP contribution in [0.15, 0.2) is 24.3 Å². The Balaban J connectivity index is 1.76. The molecule has 1 heterocycles. The third-order valence-electron chi connectivity index (χ3n) is 3.36. The first-order valence-electron chi connectivity index (χ1n) is 6.83. The van der Waals surface area contributed by atoms with Crippen molar-refractivity contribution in [3.63, 3.8) is 0 Å². The second kappa shape index (κ2) is 6.65. The van der Waals surface area contributed by atoms with Gasteiger partial charge in [0.2, 0.25) is 0 Å². The first-order valence-corrected chi connectivity index (χ1v) is 6.83. The highest BCUT2D eigenvalue weighted by Gasteiger charge is 2.14. The van der Waals surface area contributed by atoms with Gasteiger partial charge in [0.05, 0.1) is 0 Å². The number of unbranched alkanes of at least 4 members (excludes halogenated alkanes) is 1. The number of ether oxygens (including phenoxy) is 1. The molecular weight excluding hydrogens is 210 g/mol. The van der Waals surface area contributed by atoms with E-state index < -0.39 is 0 Å². The standard InChI is InChI=1S/C15H23NO/c1-2-3-5-13-7-9-15(10-8-13)17-12-14-6-4-11-16-14/h7-10,14,16H,2-6,11-12H2,1H3. The van der Waals surface area contributed by atoms with Crippen LogP contribution in [0.2, 0.25) is 0 Å². The summed E-state index contributed by atoms with van der Waals surface area (Å²) in [4.78, 5) is 0. The summed E-state index contributed by atoms with van der Waals surface area (Å²) < 4.78 is 5.79. The molecule has 0 saturated carbocycles. The fourth-order valence-electron chi connectivity index (χ4n) is 2.23. The first-order chi connectivity index (χ1) is 8.38. The predicted octanol–water partition coefficient (Wildman–Crippen LogP) is 3.16. The molecule has 1 saturated heterocycles. The molecule has 1 fully saturated rings. The number of hydrogen-bond donors (Lipinski definition) is 1. The maximum atomic E-state index is 5.79. The molecule has 94 valence electrons. The minimum absolute atomic E-state index is 0.551. The van der Waals surface area contributed by atoms with Crippen LogP contribution >= 0.6 is 0 Å². The van der Waals surface area contributed by atoms with Gasteiger partial charge in [-0.1, -0.05) is 25.5 Å². The lowest BCUT2D eigenvalue weighted by Crippen LogP contribution is -2.28. The minimum atomic E-state index is 0.551. The number of rotatable bonds is 6. The summed E-state index contributed by atoms with van der Waals surface area (Å²) in [5, 5.41) is 3.44. The van der Waals surface area contributed by atoms with Gasteiger partial charge in [-0.3, -0.25) is 0 Å². The monoisotopic (exact) mass is 233 g/mol. The van der Waals surface area contributed by atoms with Crippen molar-refractivity contribution in [2.24, 2.45) is 0 Å². The molecule has 2 rings (SSSR count). The predicted molar refractivity (Wildman–Crippen MR) is 71.6 cm³/mol. The van der Waals surface area contributed by atoms with E-state index in [0.29, 0.717) is 6.04 Å². The number of benzene rings is 1. The zero-order chi connectivity index (χ0) is 11.9. The highest BCUT2D eigenvalue weighted by molar-refractivity contribution is 5.27. The van der Waals surface area contributed by atoms with Crippen molar-refractivity contribution in [1.82, 2.24) is 5.32 Å². The van der Waals surface area contributed by atoms with Crippen LogP contribution in [-0.4, -0.2) is 19.2 Å². The van der Waals surface area contributed by atoms with Gasteiger partial charge in [-0.2, -0.15) is 0 Å². The van der Waals surface area contributed by atoms with Crippen LogP contribution in [0.3, 0.4) is 0 Å². The Hall–Kier alpha value is -1.02. The quantitative estimate of drug-likeness (QED) is 0.815. The third kappa shape index (κ3) is 4.04. The van der Waals surface area contributed by atoms with Crippen molar-refractivity contribution in [1.29, 1.82) is 0 Å². The summed E-state index contributed by atoms with van der Waals surface area (Å²) in [6, 6.07) is 9.12. The Labute approximate surface area is 104 Å². The van der Waals surface area contributed by atoms with Crippen LogP contribution in [0.4, 0.5) is 0 Å². The highest BCUT2D eigenvalue weighted by Crippen LogP contribution is 2.15. The Morgan fingerprint density at radius 3 is 2.76 bits per heavy atom. The van der Waals surface area contributed by atoms with Crippen molar-refractivity contribution < 1.29 is 4.74 Å². The van der Waals surface area contributed by atoms with Gasteiger partial charge in [-0.15, -0.1) is 0 Å². The maximum Gasteiger partial charge on any atom is 0.119 e. The van der Waals surface area contributed by atoms with Gasteiger partial charge in [-0.05, 0) is 49.9 Å². The highest BCUT2D eigenvalue weighted by atomic mass is 16.5. The van der Waals surface area contributed by atoms with E-state index >= 15 is 0 Å². The van der Waals surface area contributed by atoms with Gasteiger partial charge in [0, 0.05) is 6.04 Å². The molecule has 0 bridgehead atoms. The molecule has 1 aromatic rings.